The van der Waals surface area contributed by atoms with Gasteiger partial charge in [0, 0.05) is 33.0 Å². The zero-order chi connectivity index (χ0) is 17.9. The van der Waals surface area contributed by atoms with E-state index in [0.717, 1.165) is 12.8 Å². The molecule has 0 aliphatic carbocycles. The number of ether oxygens (including phenoxy) is 2. The van der Waals surface area contributed by atoms with Crippen molar-refractivity contribution < 1.29 is 19.1 Å². The minimum absolute atomic E-state index is 0.0197. The van der Waals surface area contributed by atoms with Crippen molar-refractivity contribution in [3.05, 3.63) is 18.0 Å². The lowest BCUT2D eigenvalue weighted by molar-refractivity contribution is -0.169. The van der Waals surface area contributed by atoms with E-state index in [1.54, 1.807) is 28.9 Å². The summed E-state index contributed by atoms with van der Waals surface area (Å²) in [5.41, 5.74) is 0.313. The molecule has 1 aromatic heterocycles. The number of hydrogen-bond donors (Lipinski definition) is 1. The molecule has 1 atom stereocenters. The highest BCUT2D eigenvalue weighted by molar-refractivity contribution is 5.92. The zero-order valence-electron chi connectivity index (χ0n) is 14.9. The second-order valence-corrected chi connectivity index (χ2v) is 6.67. The number of nitrogens with zero attached hydrogens (tertiary/aromatic N) is 3. The van der Waals surface area contributed by atoms with Crippen molar-refractivity contribution in [2.45, 2.75) is 25.4 Å². The second-order valence-electron chi connectivity index (χ2n) is 6.67. The Balaban J connectivity index is 1.45. The molecule has 8 nitrogen and oxygen atoms in total. The third-order valence-corrected chi connectivity index (χ3v) is 5.13. The Kier molecular flexibility index (Phi) is 5.39. The van der Waals surface area contributed by atoms with Crippen LogP contribution in [0.1, 0.15) is 30.3 Å². The number of likely N-dealkylation sites (tertiary alicyclic amines) is 1. The van der Waals surface area contributed by atoms with E-state index in [0.29, 0.717) is 44.5 Å². The van der Waals surface area contributed by atoms with Crippen LogP contribution in [-0.4, -0.2) is 71.6 Å². The molecule has 0 aromatic carbocycles. The number of nitrogens with one attached hydrogen (secondary N) is 1. The first-order valence-corrected chi connectivity index (χ1v) is 8.81. The van der Waals surface area contributed by atoms with Gasteiger partial charge in [0.05, 0.1) is 13.1 Å². The molecule has 3 rings (SSSR count). The summed E-state index contributed by atoms with van der Waals surface area (Å²) in [5, 5.41) is 6.95. The first-order valence-electron chi connectivity index (χ1n) is 8.81. The molecule has 2 aliphatic heterocycles. The third kappa shape index (κ3) is 3.69. The molecule has 1 aromatic rings. The van der Waals surface area contributed by atoms with E-state index in [1.165, 1.54) is 0 Å². The van der Waals surface area contributed by atoms with Gasteiger partial charge in [-0.25, -0.2) is 0 Å². The van der Waals surface area contributed by atoms with Crippen LogP contribution in [0.15, 0.2) is 12.3 Å². The predicted molar refractivity (Wildman–Crippen MR) is 90.0 cm³/mol. The second kappa shape index (κ2) is 7.53. The number of rotatable bonds is 7. The molecule has 2 fully saturated rings. The predicted octanol–water partition coefficient (Wildman–Crippen LogP) is 0.194. The fraction of sp³-hybridized carbons (Fsp3) is 0.706. The standard InChI is InChI=1S/C17H26N4O4/c1-3-24-10-15(22)21-11-17(12-21)13(6-9-25-17)4-7-18-16(23)14-5-8-19-20(14)2/h5,8,13H,3-4,6-7,9-12H2,1-2H3,(H,18,23)/t13-/m0/s1. The number of aromatic nitrogens is 2. The Morgan fingerprint density at radius 1 is 1.48 bits per heavy atom. The molecule has 0 bridgehead atoms. The van der Waals surface area contributed by atoms with E-state index in [1.807, 2.05) is 6.92 Å². The Labute approximate surface area is 147 Å². The van der Waals surface area contributed by atoms with Gasteiger partial charge in [-0.05, 0) is 31.7 Å². The molecule has 8 heteroatoms. The molecule has 1 N–H and O–H groups in total. The number of hydrogen-bond acceptors (Lipinski definition) is 5. The third-order valence-electron chi connectivity index (χ3n) is 5.13. The van der Waals surface area contributed by atoms with Crippen molar-refractivity contribution in [1.29, 1.82) is 0 Å². The molecule has 0 unspecified atom stereocenters. The summed E-state index contributed by atoms with van der Waals surface area (Å²) in [5.74, 6) is 0.261. The zero-order valence-corrected chi connectivity index (χ0v) is 14.9. The minimum Gasteiger partial charge on any atom is -0.372 e. The van der Waals surface area contributed by atoms with Crippen LogP contribution in [0.3, 0.4) is 0 Å². The number of carbonyl (C=O) groups is 2. The average molecular weight is 350 g/mol. The largest absolute Gasteiger partial charge is 0.372 e. The fourth-order valence-corrected chi connectivity index (χ4v) is 3.65. The maximum atomic E-state index is 12.1. The van der Waals surface area contributed by atoms with Crippen LogP contribution in [-0.2, 0) is 21.3 Å². The molecule has 0 saturated carbocycles. The first-order chi connectivity index (χ1) is 12.1. The Bertz CT molecular complexity index is 624. The molecule has 0 radical (unpaired) electrons. The van der Waals surface area contributed by atoms with Gasteiger partial charge in [-0.1, -0.05) is 0 Å². The van der Waals surface area contributed by atoms with Crippen molar-refractivity contribution >= 4 is 11.8 Å². The normalized spacial score (nSPS) is 21.4. The van der Waals surface area contributed by atoms with Crippen LogP contribution in [0, 0.1) is 5.92 Å². The van der Waals surface area contributed by atoms with Crippen LogP contribution >= 0.6 is 0 Å². The van der Waals surface area contributed by atoms with Gasteiger partial charge in [-0.2, -0.15) is 5.10 Å². The summed E-state index contributed by atoms with van der Waals surface area (Å²) in [6, 6.07) is 1.70. The molecule has 1 spiro atoms. The van der Waals surface area contributed by atoms with Gasteiger partial charge in [0.1, 0.15) is 17.9 Å². The molecule has 2 saturated heterocycles. The summed E-state index contributed by atoms with van der Waals surface area (Å²) in [7, 11) is 1.75. The van der Waals surface area contributed by atoms with E-state index in [-0.39, 0.29) is 24.0 Å². The summed E-state index contributed by atoms with van der Waals surface area (Å²) >= 11 is 0. The van der Waals surface area contributed by atoms with Crippen LogP contribution in [0.5, 0.6) is 0 Å². The van der Waals surface area contributed by atoms with E-state index in [2.05, 4.69) is 10.4 Å². The molecular formula is C17H26N4O4. The van der Waals surface area contributed by atoms with Crippen molar-refractivity contribution in [3.8, 4) is 0 Å². The minimum atomic E-state index is -0.237. The van der Waals surface area contributed by atoms with E-state index in [4.69, 9.17) is 9.47 Å². The van der Waals surface area contributed by atoms with Gasteiger partial charge >= 0.3 is 0 Å². The smallest absolute Gasteiger partial charge is 0.269 e. The lowest BCUT2D eigenvalue weighted by Crippen LogP contribution is -2.66. The molecular weight excluding hydrogens is 324 g/mol. The van der Waals surface area contributed by atoms with Crippen molar-refractivity contribution in [3.63, 3.8) is 0 Å². The fourth-order valence-electron chi connectivity index (χ4n) is 3.65. The van der Waals surface area contributed by atoms with Crippen molar-refractivity contribution in [2.24, 2.45) is 13.0 Å². The van der Waals surface area contributed by atoms with E-state index in [9.17, 15) is 9.59 Å². The molecule has 138 valence electrons. The van der Waals surface area contributed by atoms with Crippen LogP contribution in [0.4, 0.5) is 0 Å². The van der Waals surface area contributed by atoms with Gasteiger partial charge in [-0.3, -0.25) is 14.3 Å². The summed E-state index contributed by atoms with van der Waals surface area (Å²) in [4.78, 5) is 25.9. The number of amides is 2. The van der Waals surface area contributed by atoms with Gasteiger partial charge in [0.2, 0.25) is 5.91 Å². The highest BCUT2D eigenvalue weighted by Crippen LogP contribution is 2.41. The molecule has 2 amide bonds. The van der Waals surface area contributed by atoms with E-state index < -0.39 is 0 Å². The number of carbonyl (C=O) groups excluding carboxylic acids is 2. The van der Waals surface area contributed by atoms with Crippen LogP contribution in [0.25, 0.3) is 0 Å². The van der Waals surface area contributed by atoms with Gasteiger partial charge < -0.3 is 19.7 Å². The molecule has 25 heavy (non-hydrogen) atoms. The van der Waals surface area contributed by atoms with Crippen molar-refractivity contribution in [2.75, 3.05) is 39.5 Å². The average Bonchev–Trinajstić information content (AvgIpc) is 3.17. The number of aryl methyl sites for hydroxylation is 1. The van der Waals surface area contributed by atoms with Crippen LogP contribution < -0.4 is 5.32 Å². The van der Waals surface area contributed by atoms with Gasteiger partial charge in [0.15, 0.2) is 0 Å². The summed E-state index contributed by atoms with van der Waals surface area (Å²) in [6.07, 6.45) is 3.42. The lowest BCUT2D eigenvalue weighted by Gasteiger charge is -2.50. The molecule has 3 heterocycles. The van der Waals surface area contributed by atoms with Crippen molar-refractivity contribution in [1.82, 2.24) is 20.0 Å². The monoisotopic (exact) mass is 350 g/mol. The Hall–Kier alpha value is -1.93. The topological polar surface area (TPSA) is 85.7 Å². The van der Waals surface area contributed by atoms with E-state index >= 15 is 0 Å². The Morgan fingerprint density at radius 3 is 2.96 bits per heavy atom. The first kappa shape index (κ1) is 17.9. The maximum absolute atomic E-state index is 12.1. The molecule has 2 aliphatic rings. The SMILES string of the molecule is CCOCC(=O)N1CC2(C1)OCC[C@@H]2CCNC(=O)c1ccnn1C. The summed E-state index contributed by atoms with van der Waals surface area (Å²) < 4.78 is 12.7. The van der Waals surface area contributed by atoms with Gasteiger partial charge in [-0.15, -0.1) is 0 Å². The lowest BCUT2D eigenvalue weighted by atomic mass is 9.79. The Morgan fingerprint density at radius 2 is 2.28 bits per heavy atom. The highest BCUT2D eigenvalue weighted by atomic mass is 16.5. The quantitative estimate of drug-likeness (QED) is 0.759. The summed E-state index contributed by atoms with van der Waals surface area (Å²) in [6.45, 7) is 5.11. The van der Waals surface area contributed by atoms with Gasteiger partial charge in [0.25, 0.3) is 5.91 Å². The van der Waals surface area contributed by atoms with Crippen LogP contribution in [0.2, 0.25) is 0 Å². The highest BCUT2D eigenvalue weighted by Gasteiger charge is 2.53. The maximum Gasteiger partial charge on any atom is 0.269 e.